The van der Waals surface area contributed by atoms with Crippen LogP contribution in [0.25, 0.3) is 11.4 Å². The lowest BCUT2D eigenvalue weighted by Crippen LogP contribution is -2.27. The fourth-order valence-corrected chi connectivity index (χ4v) is 4.66. The Balaban J connectivity index is 1.21. The van der Waals surface area contributed by atoms with E-state index in [2.05, 4.69) is 4.90 Å². The summed E-state index contributed by atoms with van der Waals surface area (Å²) in [6, 6.07) is 15.3. The van der Waals surface area contributed by atoms with Crippen LogP contribution in [0.15, 0.2) is 65.7 Å². The fraction of sp³-hybridized carbons (Fsp3) is 0.423. The van der Waals surface area contributed by atoms with E-state index in [9.17, 15) is 9.90 Å². The number of rotatable bonds is 8. The lowest BCUT2D eigenvalue weighted by atomic mass is 10.2. The van der Waals surface area contributed by atoms with E-state index in [0.29, 0.717) is 12.7 Å². The van der Waals surface area contributed by atoms with Gasteiger partial charge in [0.2, 0.25) is 0 Å². The Kier molecular flexibility index (Phi) is 6.51. The van der Waals surface area contributed by atoms with Gasteiger partial charge in [-0.15, -0.1) is 0 Å². The van der Waals surface area contributed by atoms with Crippen LogP contribution in [0.2, 0.25) is 0 Å². The normalized spacial score (nSPS) is 19.2. The summed E-state index contributed by atoms with van der Waals surface area (Å²) >= 11 is 0. The molecule has 0 amide bonds. The lowest BCUT2D eigenvalue weighted by molar-refractivity contribution is 0.167. The smallest absolute Gasteiger partial charge is 0.337 e. The Morgan fingerprint density at radius 1 is 0.848 bits per heavy atom. The number of nitrogens with zero attached hydrogens (tertiary/aromatic N) is 3. The highest BCUT2D eigenvalue weighted by molar-refractivity contribution is 5.40. The van der Waals surface area contributed by atoms with E-state index in [4.69, 9.17) is 9.47 Å². The molecule has 1 saturated heterocycles. The predicted octanol–water partition coefficient (Wildman–Crippen LogP) is 3.40. The zero-order chi connectivity index (χ0) is 22.6. The van der Waals surface area contributed by atoms with Gasteiger partial charge in [-0.3, -0.25) is 14.0 Å². The largest absolute Gasteiger partial charge is 0.492 e. The highest BCUT2D eigenvalue weighted by atomic mass is 16.5. The van der Waals surface area contributed by atoms with E-state index in [0.717, 1.165) is 61.8 Å². The Morgan fingerprint density at radius 3 is 2.03 bits per heavy atom. The Bertz CT molecular complexity index is 1100. The molecule has 2 aliphatic rings. The number of aliphatic hydroxyl groups is 1. The van der Waals surface area contributed by atoms with Gasteiger partial charge >= 0.3 is 5.69 Å². The molecule has 1 aliphatic carbocycles. The van der Waals surface area contributed by atoms with Crippen molar-refractivity contribution in [1.29, 1.82) is 0 Å². The van der Waals surface area contributed by atoms with Crippen molar-refractivity contribution in [1.82, 2.24) is 14.0 Å². The number of hydrogen-bond donors (Lipinski definition) is 1. The molecule has 1 aromatic heterocycles. The zero-order valence-corrected chi connectivity index (χ0v) is 18.8. The topological polar surface area (TPSA) is 68.9 Å². The molecule has 0 radical (unpaired) electrons. The van der Waals surface area contributed by atoms with Crippen molar-refractivity contribution in [3.8, 4) is 22.9 Å². The molecule has 2 fully saturated rings. The van der Waals surface area contributed by atoms with Crippen molar-refractivity contribution < 1.29 is 14.6 Å². The maximum atomic E-state index is 13.0. The van der Waals surface area contributed by atoms with Gasteiger partial charge in [0, 0.05) is 32.0 Å². The minimum Gasteiger partial charge on any atom is -0.492 e. The van der Waals surface area contributed by atoms with Crippen LogP contribution in [0.3, 0.4) is 0 Å². The van der Waals surface area contributed by atoms with Crippen LogP contribution in [0, 0.1) is 0 Å². The molecule has 7 heteroatoms. The molecule has 174 valence electrons. The van der Waals surface area contributed by atoms with E-state index in [1.54, 1.807) is 21.5 Å². The number of aromatic nitrogens is 2. The highest BCUT2D eigenvalue weighted by Crippen LogP contribution is 2.24. The number of β-amino-alcohol motifs (C(OH)–C–C–N with tert-alkyl or cyclic N) is 1. The number of hydrogen-bond acceptors (Lipinski definition) is 5. The summed E-state index contributed by atoms with van der Waals surface area (Å²) in [7, 11) is 0. The van der Waals surface area contributed by atoms with Gasteiger partial charge in [-0.25, -0.2) is 4.79 Å². The summed E-state index contributed by atoms with van der Waals surface area (Å²) in [6.45, 7) is 3.01. The van der Waals surface area contributed by atoms with Crippen LogP contribution in [-0.4, -0.2) is 57.6 Å². The maximum absolute atomic E-state index is 13.0. The van der Waals surface area contributed by atoms with Crippen molar-refractivity contribution in [3.05, 3.63) is 71.4 Å². The van der Waals surface area contributed by atoms with E-state index in [1.807, 2.05) is 48.5 Å². The van der Waals surface area contributed by atoms with E-state index in [1.165, 1.54) is 12.8 Å². The number of benzene rings is 2. The lowest BCUT2D eigenvalue weighted by Gasteiger charge is -2.15. The zero-order valence-electron chi connectivity index (χ0n) is 18.8. The summed E-state index contributed by atoms with van der Waals surface area (Å²) in [5.41, 5.74) is 1.47. The minimum absolute atomic E-state index is 0.124. The molecular formula is C26H31N3O4. The molecule has 7 nitrogen and oxygen atoms in total. The van der Waals surface area contributed by atoms with Crippen molar-refractivity contribution >= 4 is 0 Å². The molecule has 33 heavy (non-hydrogen) atoms. The molecule has 3 aromatic rings. The van der Waals surface area contributed by atoms with Crippen molar-refractivity contribution in [3.63, 3.8) is 0 Å². The van der Waals surface area contributed by atoms with Crippen LogP contribution in [0.5, 0.6) is 11.5 Å². The second kappa shape index (κ2) is 9.85. The molecule has 0 spiro atoms. The second-order valence-electron chi connectivity index (χ2n) is 8.92. The molecule has 1 saturated carbocycles. The van der Waals surface area contributed by atoms with Crippen molar-refractivity contribution in [2.75, 3.05) is 26.2 Å². The van der Waals surface area contributed by atoms with Crippen LogP contribution in [0.4, 0.5) is 0 Å². The molecule has 1 unspecified atom stereocenters. The molecule has 1 atom stereocenters. The van der Waals surface area contributed by atoms with Crippen LogP contribution in [0.1, 0.15) is 32.1 Å². The van der Waals surface area contributed by atoms with Gasteiger partial charge < -0.3 is 14.6 Å². The number of imidazole rings is 1. The van der Waals surface area contributed by atoms with E-state index in [-0.39, 0.29) is 11.8 Å². The summed E-state index contributed by atoms with van der Waals surface area (Å²) < 4.78 is 15.1. The molecule has 2 aromatic carbocycles. The highest BCUT2D eigenvalue weighted by Gasteiger charge is 2.19. The van der Waals surface area contributed by atoms with Gasteiger partial charge in [0.25, 0.3) is 0 Å². The first-order valence-electron chi connectivity index (χ1n) is 11.9. The van der Waals surface area contributed by atoms with Gasteiger partial charge in [-0.05, 0) is 80.6 Å². The third-order valence-electron chi connectivity index (χ3n) is 6.54. The third-order valence-corrected chi connectivity index (χ3v) is 6.54. The first-order valence-corrected chi connectivity index (χ1v) is 11.9. The summed E-state index contributed by atoms with van der Waals surface area (Å²) in [6.07, 6.45) is 9.22. The Labute approximate surface area is 193 Å². The number of aliphatic hydroxyl groups excluding tert-OH is 1. The van der Waals surface area contributed by atoms with Gasteiger partial charge in [-0.1, -0.05) is 0 Å². The average molecular weight is 450 g/mol. The van der Waals surface area contributed by atoms with Gasteiger partial charge in [0.05, 0.1) is 23.6 Å². The van der Waals surface area contributed by atoms with E-state index >= 15 is 0 Å². The summed E-state index contributed by atoms with van der Waals surface area (Å²) in [5, 5.41) is 9.60. The maximum Gasteiger partial charge on any atom is 0.337 e. The van der Waals surface area contributed by atoms with Crippen molar-refractivity contribution in [2.24, 2.45) is 0 Å². The van der Waals surface area contributed by atoms with E-state index < -0.39 is 0 Å². The Morgan fingerprint density at radius 2 is 1.45 bits per heavy atom. The van der Waals surface area contributed by atoms with Crippen molar-refractivity contribution in [2.45, 2.75) is 44.3 Å². The monoisotopic (exact) mass is 449 g/mol. The van der Waals surface area contributed by atoms with Gasteiger partial charge in [0.1, 0.15) is 18.1 Å². The molecule has 1 aliphatic heterocycles. The second-order valence-corrected chi connectivity index (χ2v) is 8.92. The molecule has 5 rings (SSSR count). The summed E-state index contributed by atoms with van der Waals surface area (Å²) in [5.74, 6) is 1.62. The van der Waals surface area contributed by atoms with Crippen LogP contribution < -0.4 is 15.2 Å². The fourth-order valence-electron chi connectivity index (χ4n) is 4.66. The molecule has 2 heterocycles. The molecule has 0 bridgehead atoms. The third kappa shape index (κ3) is 5.15. The SMILES string of the molecule is O=c1n(-c2ccc(OCCN3CCC(O)C3)cc2)ccn1-c1ccc(OC2CCCC2)cc1. The predicted molar refractivity (Wildman–Crippen MR) is 127 cm³/mol. The van der Waals surface area contributed by atoms with Crippen LogP contribution in [-0.2, 0) is 0 Å². The molecule has 1 N–H and O–H groups in total. The quantitative estimate of drug-likeness (QED) is 0.571. The standard InChI is InChI=1S/C26H31N3O4/c30-22-13-14-27(19-22)17-18-32-23-9-5-20(6-10-23)28-15-16-29(26(28)31)21-7-11-25(12-8-21)33-24-3-1-2-4-24/h5-12,15-16,22,24,30H,1-4,13-14,17-19H2. The first-order chi connectivity index (χ1) is 16.2. The first kappa shape index (κ1) is 21.8. The van der Waals surface area contributed by atoms with Gasteiger partial charge in [-0.2, -0.15) is 0 Å². The van der Waals surface area contributed by atoms with Gasteiger partial charge in [0.15, 0.2) is 0 Å². The Hall–Kier alpha value is -3.03. The van der Waals surface area contributed by atoms with Crippen LogP contribution >= 0.6 is 0 Å². The average Bonchev–Trinajstić information content (AvgIpc) is 3.57. The minimum atomic E-state index is -0.210. The number of ether oxygens (including phenoxy) is 2. The summed E-state index contributed by atoms with van der Waals surface area (Å²) in [4.78, 5) is 15.2. The molecular weight excluding hydrogens is 418 g/mol. The number of likely N-dealkylation sites (tertiary alicyclic amines) is 1.